The fourth-order valence-corrected chi connectivity index (χ4v) is 3.57. The molecular weight excluding hydrogens is 425 g/mol. The van der Waals surface area contributed by atoms with Crippen molar-refractivity contribution < 1.29 is 19.1 Å². The minimum atomic E-state index is -0.516. The fourth-order valence-electron chi connectivity index (χ4n) is 2.30. The highest BCUT2D eigenvalue weighted by molar-refractivity contribution is 7.09. The Morgan fingerprint density at radius 2 is 2.00 bits per heavy atom. The molecule has 1 N–H and O–H groups in total. The number of hydrogen-bond acceptors (Lipinski definition) is 6. The first-order valence-corrected chi connectivity index (χ1v) is 10.2. The van der Waals surface area contributed by atoms with Gasteiger partial charge in [-0.3, -0.25) is 0 Å². The van der Waals surface area contributed by atoms with Gasteiger partial charge in [0.25, 0.3) is 0 Å². The maximum Gasteiger partial charge on any atom is 0.357 e. The number of anilines is 1. The van der Waals surface area contributed by atoms with Gasteiger partial charge in [0.05, 0.1) is 29.4 Å². The number of esters is 1. The minimum absolute atomic E-state index is 0.214. The number of amides is 2. The molecule has 0 spiro atoms. The average Bonchev–Trinajstić information content (AvgIpc) is 3.15. The number of urea groups is 1. The van der Waals surface area contributed by atoms with Crippen molar-refractivity contribution in [3.63, 3.8) is 0 Å². The van der Waals surface area contributed by atoms with E-state index >= 15 is 0 Å². The standard InChI is InChI=1S/C18H21Cl2N3O4S/c1-3-27-9-5-8-23(10-15-21-14(11-28-15)17(24)26-2)18(25)22-16-12(19)6-4-7-13(16)20/h4,6-7,11H,3,5,8-10H2,1-2H3,(H,22,25). The van der Waals surface area contributed by atoms with Gasteiger partial charge in [0.1, 0.15) is 5.01 Å². The van der Waals surface area contributed by atoms with Crippen LogP contribution in [0.5, 0.6) is 0 Å². The normalized spacial score (nSPS) is 10.6. The lowest BCUT2D eigenvalue weighted by Crippen LogP contribution is -2.36. The number of hydrogen-bond donors (Lipinski definition) is 1. The zero-order valence-electron chi connectivity index (χ0n) is 15.5. The SMILES string of the molecule is CCOCCCN(Cc1nc(C(=O)OC)cs1)C(=O)Nc1c(Cl)cccc1Cl. The molecule has 1 heterocycles. The minimum Gasteiger partial charge on any atom is -0.464 e. The molecule has 0 saturated carbocycles. The van der Waals surface area contributed by atoms with E-state index in [2.05, 4.69) is 15.0 Å². The Balaban J connectivity index is 2.12. The smallest absolute Gasteiger partial charge is 0.357 e. The molecule has 7 nitrogen and oxygen atoms in total. The molecule has 0 radical (unpaired) electrons. The molecule has 2 rings (SSSR count). The number of carbonyl (C=O) groups is 2. The molecule has 0 bridgehead atoms. The predicted molar refractivity (Wildman–Crippen MR) is 110 cm³/mol. The summed E-state index contributed by atoms with van der Waals surface area (Å²) in [5, 5.41) is 5.65. The molecule has 1 aromatic carbocycles. The average molecular weight is 446 g/mol. The highest BCUT2D eigenvalue weighted by Crippen LogP contribution is 2.30. The van der Waals surface area contributed by atoms with Crippen LogP contribution in [0.4, 0.5) is 10.5 Å². The van der Waals surface area contributed by atoms with E-state index in [1.54, 1.807) is 28.5 Å². The number of methoxy groups -OCH3 is 1. The van der Waals surface area contributed by atoms with Crippen molar-refractivity contribution in [1.82, 2.24) is 9.88 Å². The third-order valence-electron chi connectivity index (χ3n) is 3.68. The summed E-state index contributed by atoms with van der Waals surface area (Å²) >= 11 is 13.6. The Morgan fingerprint density at radius 3 is 2.64 bits per heavy atom. The van der Waals surface area contributed by atoms with Crippen LogP contribution >= 0.6 is 34.5 Å². The molecular formula is C18H21Cl2N3O4S. The number of carbonyl (C=O) groups excluding carboxylic acids is 2. The van der Waals surface area contributed by atoms with Crippen molar-refractivity contribution in [3.8, 4) is 0 Å². The number of rotatable bonds is 9. The van der Waals surface area contributed by atoms with Crippen LogP contribution in [0, 0.1) is 0 Å². The number of nitrogens with one attached hydrogen (secondary N) is 1. The Kier molecular flexibility index (Phi) is 8.98. The van der Waals surface area contributed by atoms with Gasteiger partial charge in [-0.2, -0.15) is 0 Å². The lowest BCUT2D eigenvalue weighted by Gasteiger charge is -2.23. The van der Waals surface area contributed by atoms with Crippen molar-refractivity contribution in [2.75, 3.05) is 32.2 Å². The zero-order chi connectivity index (χ0) is 20.5. The maximum atomic E-state index is 12.8. The first-order valence-electron chi connectivity index (χ1n) is 8.56. The van der Waals surface area contributed by atoms with Gasteiger partial charge in [-0.1, -0.05) is 29.3 Å². The van der Waals surface area contributed by atoms with E-state index in [-0.39, 0.29) is 18.3 Å². The summed E-state index contributed by atoms with van der Waals surface area (Å²) in [7, 11) is 1.29. The van der Waals surface area contributed by atoms with E-state index in [4.69, 9.17) is 27.9 Å². The van der Waals surface area contributed by atoms with E-state index in [0.29, 0.717) is 46.9 Å². The van der Waals surface area contributed by atoms with Crippen LogP contribution in [0.2, 0.25) is 10.0 Å². The highest BCUT2D eigenvalue weighted by atomic mass is 35.5. The Bertz CT molecular complexity index is 796. The van der Waals surface area contributed by atoms with Gasteiger partial charge >= 0.3 is 12.0 Å². The molecule has 10 heteroatoms. The number of thiazole rings is 1. The third-order valence-corrected chi connectivity index (χ3v) is 5.14. The van der Waals surface area contributed by atoms with E-state index in [1.807, 2.05) is 6.92 Å². The lowest BCUT2D eigenvalue weighted by atomic mass is 10.3. The number of para-hydroxylation sites is 1. The molecule has 2 aromatic rings. The van der Waals surface area contributed by atoms with Gasteiger partial charge in [0, 0.05) is 25.1 Å². The summed E-state index contributed by atoms with van der Waals surface area (Å²) in [6.45, 7) is 3.70. The van der Waals surface area contributed by atoms with Crippen molar-refractivity contribution in [3.05, 3.63) is 44.3 Å². The van der Waals surface area contributed by atoms with Crippen LogP contribution in [0.1, 0.15) is 28.8 Å². The molecule has 2 amide bonds. The summed E-state index contributed by atoms with van der Waals surface area (Å²) in [6, 6.07) is 4.61. The molecule has 0 aliphatic carbocycles. The van der Waals surface area contributed by atoms with Gasteiger partial charge in [0.2, 0.25) is 0 Å². The summed E-state index contributed by atoms with van der Waals surface area (Å²) < 4.78 is 10.0. The van der Waals surface area contributed by atoms with Crippen LogP contribution in [0.25, 0.3) is 0 Å². The second-order valence-electron chi connectivity index (χ2n) is 5.62. The molecule has 0 aliphatic heterocycles. The number of ether oxygens (including phenoxy) is 2. The van der Waals surface area contributed by atoms with Gasteiger partial charge in [0.15, 0.2) is 5.69 Å². The van der Waals surface area contributed by atoms with Crippen molar-refractivity contribution >= 4 is 52.2 Å². The first-order chi connectivity index (χ1) is 13.5. The molecule has 28 heavy (non-hydrogen) atoms. The molecule has 152 valence electrons. The quantitative estimate of drug-likeness (QED) is 0.446. The number of halogens is 2. The second-order valence-corrected chi connectivity index (χ2v) is 7.37. The summed E-state index contributed by atoms with van der Waals surface area (Å²) in [4.78, 5) is 30.2. The second kappa shape index (κ2) is 11.2. The highest BCUT2D eigenvalue weighted by Gasteiger charge is 2.19. The number of benzene rings is 1. The Hall–Kier alpha value is -1.87. The van der Waals surface area contributed by atoms with E-state index in [1.165, 1.54) is 18.4 Å². The lowest BCUT2D eigenvalue weighted by molar-refractivity contribution is 0.0594. The van der Waals surface area contributed by atoms with E-state index < -0.39 is 5.97 Å². The Morgan fingerprint density at radius 1 is 1.29 bits per heavy atom. The number of aromatic nitrogens is 1. The van der Waals surface area contributed by atoms with E-state index in [0.717, 1.165) is 0 Å². The molecule has 0 fully saturated rings. The molecule has 0 saturated heterocycles. The predicted octanol–water partition coefficient (Wildman–Crippen LogP) is 4.70. The Labute approximate surface area is 177 Å². The largest absolute Gasteiger partial charge is 0.464 e. The maximum absolute atomic E-state index is 12.8. The van der Waals surface area contributed by atoms with Crippen LogP contribution in [-0.4, -0.2) is 48.8 Å². The van der Waals surface area contributed by atoms with Gasteiger partial charge in [-0.25, -0.2) is 14.6 Å². The van der Waals surface area contributed by atoms with Crippen LogP contribution in [0.3, 0.4) is 0 Å². The van der Waals surface area contributed by atoms with Crippen LogP contribution in [0.15, 0.2) is 23.6 Å². The van der Waals surface area contributed by atoms with Crippen LogP contribution in [-0.2, 0) is 16.0 Å². The third kappa shape index (κ3) is 6.34. The van der Waals surface area contributed by atoms with E-state index in [9.17, 15) is 9.59 Å². The fraction of sp³-hybridized carbons (Fsp3) is 0.389. The van der Waals surface area contributed by atoms with Crippen molar-refractivity contribution in [2.24, 2.45) is 0 Å². The van der Waals surface area contributed by atoms with Gasteiger partial charge in [-0.15, -0.1) is 11.3 Å². The van der Waals surface area contributed by atoms with Gasteiger partial charge in [-0.05, 0) is 25.5 Å². The summed E-state index contributed by atoms with van der Waals surface area (Å²) in [5.74, 6) is -0.516. The summed E-state index contributed by atoms with van der Waals surface area (Å²) in [5.41, 5.74) is 0.561. The van der Waals surface area contributed by atoms with Crippen LogP contribution < -0.4 is 5.32 Å². The monoisotopic (exact) mass is 445 g/mol. The number of nitrogens with zero attached hydrogens (tertiary/aromatic N) is 2. The molecule has 0 aliphatic rings. The van der Waals surface area contributed by atoms with Crippen molar-refractivity contribution in [2.45, 2.75) is 19.9 Å². The molecule has 0 atom stereocenters. The molecule has 1 aromatic heterocycles. The van der Waals surface area contributed by atoms with Crippen molar-refractivity contribution in [1.29, 1.82) is 0 Å². The van der Waals surface area contributed by atoms with Gasteiger partial charge < -0.3 is 19.7 Å². The zero-order valence-corrected chi connectivity index (χ0v) is 17.9. The topological polar surface area (TPSA) is 80.8 Å². The summed E-state index contributed by atoms with van der Waals surface area (Å²) in [6.07, 6.45) is 0.646. The first kappa shape index (κ1) is 22.4. The molecule has 0 unspecified atom stereocenters.